The van der Waals surface area contributed by atoms with Crippen LogP contribution in [-0.4, -0.2) is 28.6 Å². The number of primary amides is 1. The summed E-state index contributed by atoms with van der Waals surface area (Å²) in [6.07, 6.45) is 1.15. The number of para-hydroxylation sites is 1. The van der Waals surface area contributed by atoms with Gasteiger partial charge >= 0.3 is 0 Å². The molecule has 6 nitrogen and oxygen atoms in total. The predicted molar refractivity (Wildman–Crippen MR) is 112 cm³/mol. The van der Waals surface area contributed by atoms with Gasteiger partial charge in [0.05, 0.1) is 23.3 Å². The molecule has 0 radical (unpaired) electrons. The van der Waals surface area contributed by atoms with Crippen LogP contribution in [0.15, 0.2) is 42.5 Å². The van der Waals surface area contributed by atoms with Crippen molar-refractivity contribution in [2.24, 2.45) is 5.73 Å². The van der Waals surface area contributed by atoms with Crippen molar-refractivity contribution in [2.75, 3.05) is 11.4 Å². The van der Waals surface area contributed by atoms with Crippen molar-refractivity contribution in [3.8, 4) is 0 Å². The Morgan fingerprint density at radius 3 is 2.68 bits per heavy atom. The number of hydrogen-bond donors (Lipinski definition) is 2. The lowest BCUT2D eigenvalue weighted by atomic mass is 10.0. The summed E-state index contributed by atoms with van der Waals surface area (Å²) >= 11 is 6.23. The van der Waals surface area contributed by atoms with Crippen molar-refractivity contribution < 1.29 is 4.79 Å². The molecule has 1 fully saturated rings. The van der Waals surface area contributed by atoms with Gasteiger partial charge < -0.3 is 10.6 Å². The molecule has 0 aliphatic carbocycles. The van der Waals surface area contributed by atoms with Crippen molar-refractivity contribution in [3.63, 3.8) is 0 Å². The Morgan fingerprint density at radius 1 is 1.29 bits per heavy atom. The zero-order valence-corrected chi connectivity index (χ0v) is 16.6. The summed E-state index contributed by atoms with van der Waals surface area (Å²) in [5, 5.41) is 4.98. The molecule has 1 aliphatic heterocycles. The van der Waals surface area contributed by atoms with Gasteiger partial charge in [0.25, 0.3) is 5.91 Å². The molecule has 4 rings (SSSR count). The molecule has 2 atom stereocenters. The first-order valence-electron chi connectivity index (χ1n) is 9.30. The second-order valence-electron chi connectivity index (χ2n) is 7.06. The molecule has 3 aromatic rings. The van der Waals surface area contributed by atoms with E-state index in [2.05, 4.69) is 28.2 Å². The van der Waals surface area contributed by atoms with Crippen LogP contribution in [-0.2, 0) is 0 Å². The van der Waals surface area contributed by atoms with E-state index in [9.17, 15) is 4.79 Å². The summed E-state index contributed by atoms with van der Waals surface area (Å²) in [4.78, 5) is 23.4. The van der Waals surface area contributed by atoms with Crippen molar-refractivity contribution in [1.82, 2.24) is 15.3 Å². The number of carbonyl (C=O) groups excluding carboxylic acids is 1. The third-order valence-corrected chi connectivity index (χ3v) is 5.45. The number of carbonyl (C=O) groups is 1. The first-order chi connectivity index (χ1) is 13.5. The van der Waals surface area contributed by atoms with Crippen molar-refractivity contribution in [2.45, 2.75) is 32.5 Å². The number of anilines is 1. The maximum atomic E-state index is 11.9. The standard InChI is InChI=1S/C21H22ClN5O/c1-12(14-5-3-6-15(22)11-14)27(18-9-10-24-18)21-17-8-4-7-16(20(23)28)19(17)25-13(2)26-21/h3-8,11-12,18,24H,9-10H2,1-2H3,(H2,23,28)/t12-,18?/m0/s1. The van der Waals surface area contributed by atoms with Gasteiger partial charge in [-0.3, -0.25) is 10.1 Å². The minimum absolute atomic E-state index is 0.0197. The van der Waals surface area contributed by atoms with E-state index in [1.807, 2.05) is 37.3 Å². The number of nitrogens with zero attached hydrogens (tertiary/aromatic N) is 3. The number of nitrogens with one attached hydrogen (secondary N) is 1. The van der Waals surface area contributed by atoms with E-state index < -0.39 is 5.91 Å². The molecule has 3 N–H and O–H groups in total. The minimum Gasteiger partial charge on any atom is -0.366 e. The number of aromatic nitrogens is 2. The number of amides is 1. The predicted octanol–water partition coefficient (Wildman–Crippen LogP) is 3.58. The molecular formula is C21H22ClN5O. The number of aryl methyl sites for hydroxylation is 1. The smallest absolute Gasteiger partial charge is 0.250 e. The molecule has 1 unspecified atom stereocenters. The zero-order chi connectivity index (χ0) is 19.8. The van der Waals surface area contributed by atoms with Gasteiger partial charge in [-0.25, -0.2) is 9.97 Å². The van der Waals surface area contributed by atoms with E-state index in [-0.39, 0.29) is 12.2 Å². The first kappa shape index (κ1) is 18.7. The molecule has 2 heterocycles. The van der Waals surface area contributed by atoms with Gasteiger partial charge in [-0.15, -0.1) is 0 Å². The Morgan fingerprint density at radius 2 is 2.04 bits per heavy atom. The number of benzene rings is 2. The Hall–Kier alpha value is -2.70. The summed E-state index contributed by atoms with van der Waals surface area (Å²) in [5.41, 5.74) is 7.66. The van der Waals surface area contributed by atoms with E-state index in [0.29, 0.717) is 21.9 Å². The zero-order valence-electron chi connectivity index (χ0n) is 15.8. The minimum atomic E-state index is -0.495. The third-order valence-electron chi connectivity index (χ3n) is 5.21. The molecule has 1 saturated heterocycles. The number of nitrogens with two attached hydrogens (primary N) is 1. The van der Waals surface area contributed by atoms with Crippen LogP contribution in [0.3, 0.4) is 0 Å². The van der Waals surface area contributed by atoms with Gasteiger partial charge in [0.1, 0.15) is 11.6 Å². The lowest BCUT2D eigenvalue weighted by molar-refractivity contribution is 0.100. The van der Waals surface area contributed by atoms with Crippen LogP contribution in [0, 0.1) is 6.92 Å². The maximum absolute atomic E-state index is 11.9. The number of halogens is 1. The van der Waals surface area contributed by atoms with Gasteiger partial charge in [-0.1, -0.05) is 29.8 Å². The van der Waals surface area contributed by atoms with E-state index in [1.54, 1.807) is 6.07 Å². The molecule has 1 aliphatic rings. The summed E-state index contributed by atoms with van der Waals surface area (Å²) in [6, 6.07) is 13.3. The number of rotatable bonds is 5. The average Bonchev–Trinajstić information content (AvgIpc) is 2.62. The highest BCUT2D eigenvalue weighted by Gasteiger charge is 2.32. The van der Waals surface area contributed by atoms with Crippen LogP contribution in [0.1, 0.15) is 41.1 Å². The van der Waals surface area contributed by atoms with E-state index in [4.69, 9.17) is 22.3 Å². The number of fused-ring (bicyclic) bond motifs is 1. The summed E-state index contributed by atoms with van der Waals surface area (Å²) in [5.74, 6) is 0.889. The van der Waals surface area contributed by atoms with Gasteiger partial charge in [0.15, 0.2) is 0 Å². The van der Waals surface area contributed by atoms with E-state index >= 15 is 0 Å². The largest absolute Gasteiger partial charge is 0.366 e. The summed E-state index contributed by atoms with van der Waals surface area (Å²) in [6.45, 7) is 4.92. The van der Waals surface area contributed by atoms with Crippen LogP contribution < -0.4 is 16.0 Å². The second-order valence-corrected chi connectivity index (χ2v) is 7.49. The first-order valence-corrected chi connectivity index (χ1v) is 9.68. The molecule has 28 heavy (non-hydrogen) atoms. The van der Waals surface area contributed by atoms with Crippen molar-refractivity contribution in [3.05, 3.63) is 64.4 Å². The maximum Gasteiger partial charge on any atom is 0.250 e. The van der Waals surface area contributed by atoms with Crippen molar-refractivity contribution in [1.29, 1.82) is 0 Å². The quantitative estimate of drug-likeness (QED) is 0.689. The number of hydrogen-bond acceptors (Lipinski definition) is 5. The Bertz CT molecular complexity index is 1050. The highest BCUT2D eigenvalue weighted by molar-refractivity contribution is 6.30. The molecule has 7 heteroatoms. The third kappa shape index (κ3) is 3.30. The summed E-state index contributed by atoms with van der Waals surface area (Å²) in [7, 11) is 0. The van der Waals surface area contributed by atoms with Crippen LogP contribution >= 0.6 is 11.6 Å². The lowest BCUT2D eigenvalue weighted by Gasteiger charge is -2.43. The van der Waals surface area contributed by atoms with Gasteiger partial charge in [-0.2, -0.15) is 0 Å². The van der Waals surface area contributed by atoms with Crippen LogP contribution in [0.2, 0.25) is 5.02 Å². The Balaban J connectivity index is 1.91. The molecule has 1 aromatic heterocycles. The topological polar surface area (TPSA) is 84.1 Å². The van der Waals surface area contributed by atoms with Gasteiger partial charge in [-0.05, 0) is 50.1 Å². The summed E-state index contributed by atoms with van der Waals surface area (Å²) < 4.78 is 0. The van der Waals surface area contributed by atoms with Crippen molar-refractivity contribution >= 4 is 34.2 Å². The fourth-order valence-electron chi connectivity index (χ4n) is 3.68. The molecule has 0 saturated carbocycles. The molecule has 0 bridgehead atoms. The molecule has 1 amide bonds. The highest BCUT2D eigenvalue weighted by Crippen LogP contribution is 2.35. The fraction of sp³-hybridized carbons (Fsp3) is 0.286. The van der Waals surface area contributed by atoms with Gasteiger partial charge in [0, 0.05) is 17.0 Å². The lowest BCUT2D eigenvalue weighted by Crippen LogP contribution is -2.56. The molecule has 144 valence electrons. The average molecular weight is 396 g/mol. The SMILES string of the molecule is Cc1nc(N(C2CCN2)[C@@H](C)c2cccc(Cl)c2)c2cccc(C(N)=O)c2n1. The van der Waals surface area contributed by atoms with E-state index in [1.165, 1.54) is 0 Å². The Labute approximate surface area is 168 Å². The second kappa shape index (κ2) is 7.37. The monoisotopic (exact) mass is 395 g/mol. The van der Waals surface area contributed by atoms with Crippen LogP contribution in [0.5, 0.6) is 0 Å². The Kier molecular flexibility index (Phi) is 4.91. The fourth-order valence-corrected chi connectivity index (χ4v) is 3.88. The van der Waals surface area contributed by atoms with Crippen LogP contribution in [0.4, 0.5) is 5.82 Å². The van der Waals surface area contributed by atoms with E-state index in [0.717, 1.165) is 29.7 Å². The normalized spacial score (nSPS) is 17.2. The van der Waals surface area contributed by atoms with Gasteiger partial charge in [0.2, 0.25) is 0 Å². The molecule has 2 aromatic carbocycles. The molecule has 0 spiro atoms. The molecular weight excluding hydrogens is 374 g/mol. The highest BCUT2D eigenvalue weighted by atomic mass is 35.5. The van der Waals surface area contributed by atoms with Crippen LogP contribution in [0.25, 0.3) is 10.9 Å².